The molecule has 0 spiro atoms. The second-order valence-corrected chi connectivity index (χ2v) is 4.02. The summed E-state index contributed by atoms with van der Waals surface area (Å²) >= 11 is 0. The molecule has 2 N–H and O–H groups in total. The highest BCUT2D eigenvalue weighted by Crippen LogP contribution is 1.98. The van der Waals surface area contributed by atoms with Crippen molar-refractivity contribution in [3.63, 3.8) is 0 Å². The van der Waals surface area contributed by atoms with Gasteiger partial charge in [0.1, 0.15) is 0 Å². The number of nitrogens with zero attached hydrogens (tertiary/aromatic N) is 1. The van der Waals surface area contributed by atoms with Crippen LogP contribution < -0.4 is 5.32 Å². The fourth-order valence-electron chi connectivity index (χ4n) is 1.49. The summed E-state index contributed by atoms with van der Waals surface area (Å²) in [5, 5.41) is 11.4. The van der Waals surface area contributed by atoms with E-state index in [0.717, 1.165) is 12.8 Å². The molecule has 2 amide bonds. The molecule has 0 aromatic carbocycles. The number of unbranched alkanes of at least 4 members (excludes halogenated alkanes) is 3. The maximum absolute atomic E-state index is 11.6. The molecular weight excluding hydrogens is 220 g/mol. The number of hydrogen-bond acceptors (Lipinski definition) is 2. The fraction of sp³-hybridized carbons (Fsp3) is 0.833. The Bertz CT molecular complexity index is 232. The van der Waals surface area contributed by atoms with Crippen LogP contribution in [0.2, 0.25) is 0 Å². The third-order valence-corrected chi connectivity index (χ3v) is 2.57. The third-order valence-electron chi connectivity index (χ3n) is 2.57. The van der Waals surface area contributed by atoms with E-state index < -0.39 is 5.97 Å². The van der Waals surface area contributed by atoms with Crippen molar-refractivity contribution in [2.24, 2.45) is 0 Å². The van der Waals surface area contributed by atoms with Crippen molar-refractivity contribution < 1.29 is 14.7 Å². The van der Waals surface area contributed by atoms with Crippen molar-refractivity contribution in [3.8, 4) is 0 Å². The van der Waals surface area contributed by atoms with E-state index in [1.165, 1.54) is 17.7 Å². The largest absolute Gasteiger partial charge is 0.481 e. The first kappa shape index (κ1) is 15.7. The van der Waals surface area contributed by atoms with Gasteiger partial charge in [0, 0.05) is 19.6 Å². The summed E-state index contributed by atoms with van der Waals surface area (Å²) in [6, 6.07) is -0.162. The van der Waals surface area contributed by atoms with Crippen LogP contribution in [0.1, 0.15) is 46.0 Å². The number of carboxylic acid groups (broad SMARTS) is 1. The average molecular weight is 244 g/mol. The predicted octanol–water partition coefficient (Wildman–Crippen LogP) is 2.07. The zero-order chi connectivity index (χ0) is 13.1. The minimum absolute atomic E-state index is 0.00288. The third kappa shape index (κ3) is 8.54. The van der Waals surface area contributed by atoms with E-state index in [1.54, 1.807) is 0 Å². The first-order chi connectivity index (χ1) is 8.11. The summed E-state index contributed by atoms with van der Waals surface area (Å²) in [5.74, 6) is -0.876. The standard InChI is InChI=1S/C12H24N2O3/c1-3-5-6-7-9-13-12(17)14(4-2)10-8-11(15)16/h3-10H2,1-2H3,(H,13,17)(H,15,16). The quantitative estimate of drug-likeness (QED) is 0.610. The molecule has 0 rings (SSSR count). The van der Waals surface area contributed by atoms with Crippen LogP contribution in [-0.2, 0) is 4.79 Å². The Labute approximate surface area is 103 Å². The van der Waals surface area contributed by atoms with Gasteiger partial charge in [0.25, 0.3) is 0 Å². The number of carbonyl (C=O) groups excluding carboxylic acids is 1. The second-order valence-electron chi connectivity index (χ2n) is 4.02. The zero-order valence-corrected chi connectivity index (χ0v) is 10.9. The van der Waals surface area contributed by atoms with Gasteiger partial charge in [0.2, 0.25) is 0 Å². The Morgan fingerprint density at radius 1 is 1.18 bits per heavy atom. The Balaban J connectivity index is 3.72. The number of hydrogen-bond donors (Lipinski definition) is 2. The van der Waals surface area contributed by atoms with Crippen molar-refractivity contribution in [2.45, 2.75) is 46.0 Å². The van der Waals surface area contributed by atoms with E-state index in [9.17, 15) is 9.59 Å². The van der Waals surface area contributed by atoms with E-state index >= 15 is 0 Å². The monoisotopic (exact) mass is 244 g/mol. The number of aliphatic carboxylic acids is 1. The molecule has 0 atom stereocenters. The van der Waals surface area contributed by atoms with Gasteiger partial charge in [-0.05, 0) is 13.3 Å². The lowest BCUT2D eigenvalue weighted by atomic mass is 10.2. The molecule has 0 aliphatic carbocycles. The van der Waals surface area contributed by atoms with Gasteiger partial charge in [-0.3, -0.25) is 4.79 Å². The molecule has 0 aromatic rings. The molecule has 0 aliphatic rings. The molecule has 17 heavy (non-hydrogen) atoms. The summed E-state index contributed by atoms with van der Waals surface area (Å²) in [6.07, 6.45) is 4.46. The SMILES string of the molecule is CCCCCCNC(=O)N(CC)CCC(=O)O. The molecule has 0 heterocycles. The summed E-state index contributed by atoms with van der Waals surface area (Å²) < 4.78 is 0. The summed E-state index contributed by atoms with van der Waals surface area (Å²) in [7, 11) is 0. The minimum atomic E-state index is -0.876. The highest BCUT2D eigenvalue weighted by Gasteiger charge is 2.11. The maximum atomic E-state index is 11.6. The van der Waals surface area contributed by atoms with Gasteiger partial charge in [-0.1, -0.05) is 26.2 Å². The van der Waals surface area contributed by atoms with Gasteiger partial charge < -0.3 is 15.3 Å². The maximum Gasteiger partial charge on any atom is 0.317 e. The molecule has 0 saturated carbocycles. The van der Waals surface area contributed by atoms with Crippen LogP contribution in [0.5, 0.6) is 0 Å². The lowest BCUT2D eigenvalue weighted by Crippen LogP contribution is -2.41. The van der Waals surface area contributed by atoms with Crippen molar-refractivity contribution in [3.05, 3.63) is 0 Å². The van der Waals surface area contributed by atoms with Crippen LogP contribution in [0.3, 0.4) is 0 Å². The molecule has 5 heteroatoms. The number of rotatable bonds is 9. The normalized spacial score (nSPS) is 10.0. The van der Waals surface area contributed by atoms with Gasteiger partial charge >= 0.3 is 12.0 Å². The van der Waals surface area contributed by atoms with Crippen LogP contribution in [0, 0.1) is 0 Å². The van der Waals surface area contributed by atoms with Crippen molar-refractivity contribution in [1.82, 2.24) is 10.2 Å². The van der Waals surface area contributed by atoms with E-state index in [0.29, 0.717) is 13.1 Å². The van der Waals surface area contributed by atoms with Crippen molar-refractivity contribution in [2.75, 3.05) is 19.6 Å². The Morgan fingerprint density at radius 3 is 2.41 bits per heavy atom. The van der Waals surface area contributed by atoms with Gasteiger partial charge in [0.05, 0.1) is 6.42 Å². The van der Waals surface area contributed by atoms with Crippen LogP contribution >= 0.6 is 0 Å². The molecule has 0 saturated heterocycles. The topological polar surface area (TPSA) is 69.6 Å². The molecule has 5 nitrogen and oxygen atoms in total. The number of carboxylic acids is 1. The highest BCUT2D eigenvalue weighted by atomic mass is 16.4. The van der Waals surface area contributed by atoms with Gasteiger partial charge in [0.15, 0.2) is 0 Å². The van der Waals surface area contributed by atoms with Crippen molar-refractivity contribution >= 4 is 12.0 Å². The van der Waals surface area contributed by atoms with Crippen LogP contribution in [0.4, 0.5) is 4.79 Å². The molecule has 0 aromatic heterocycles. The predicted molar refractivity (Wildman–Crippen MR) is 67.0 cm³/mol. The average Bonchev–Trinajstić information content (AvgIpc) is 2.29. The van der Waals surface area contributed by atoms with Gasteiger partial charge in [-0.2, -0.15) is 0 Å². The molecule has 0 radical (unpaired) electrons. The van der Waals surface area contributed by atoms with Gasteiger partial charge in [-0.25, -0.2) is 4.79 Å². The first-order valence-electron chi connectivity index (χ1n) is 6.36. The lowest BCUT2D eigenvalue weighted by molar-refractivity contribution is -0.137. The number of urea groups is 1. The Morgan fingerprint density at radius 2 is 1.88 bits per heavy atom. The van der Waals surface area contributed by atoms with Crippen molar-refractivity contribution in [1.29, 1.82) is 0 Å². The van der Waals surface area contributed by atoms with E-state index in [2.05, 4.69) is 12.2 Å². The fourth-order valence-corrected chi connectivity index (χ4v) is 1.49. The Hall–Kier alpha value is -1.26. The summed E-state index contributed by atoms with van der Waals surface area (Å²) in [5.41, 5.74) is 0. The first-order valence-corrected chi connectivity index (χ1v) is 6.36. The molecular formula is C12H24N2O3. The lowest BCUT2D eigenvalue weighted by Gasteiger charge is -2.20. The molecule has 0 unspecified atom stereocenters. The molecule has 0 aliphatic heterocycles. The van der Waals surface area contributed by atoms with E-state index in [1.807, 2.05) is 6.92 Å². The smallest absolute Gasteiger partial charge is 0.317 e. The van der Waals surface area contributed by atoms with E-state index in [-0.39, 0.29) is 19.0 Å². The second kappa shape index (κ2) is 9.93. The number of amides is 2. The highest BCUT2D eigenvalue weighted by molar-refractivity contribution is 5.75. The van der Waals surface area contributed by atoms with E-state index in [4.69, 9.17) is 5.11 Å². The molecule has 0 fully saturated rings. The Kier molecular flexibility index (Phi) is 9.19. The van der Waals surface area contributed by atoms with Crippen LogP contribution in [0.25, 0.3) is 0 Å². The number of nitrogens with one attached hydrogen (secondary N) is 1. The minimum Gasteiger partial charge on any atom is -0.481 e. The van der Waals surface area contributed by atoms with Crippen LogP contribution in [0.15, 0.2) is 0 Å². The molecule has 0 bridgehead atoms. The summed E-state index contributed by atoms with van der Waals surface area (Å²) in [6.45, 7) is 5.46. The van der Waals surface area contributed by atoms with Gasteiger partial charge in [-0.15, -0.1) is 0 Å². The zero-order valence-electron chi connectivity index (χ0n) is 10.9. The van der Waals surface area contributed by atoms with Crippen LogP contribution in [-0.4, -0.2) is 41.6 Å². The number of carbonyl (C=O) groups is 2. The molecule has 100 valence electrons. The summed E-state index contributed by atoms with van der Waals surface area (Å²) in [4.78, 5) is 23.6.